The third kappa shape index (κ3) is 3.82. The summed E-state index contributed by atoms with van der Waals surface area (Å²) in [6.45, 7) is 5.67. The van der Waals surface area contributed by atoms with Crippen LogP contribution in [-0.2, 0) is 0 Å². The molecular weight excluding hydrogens is 252 g/mol. The molecule has 1 saturated carbocycles. The predicted octanol–water partition coefficient (Wildman–Crippen LogP) is 2.58. The van der Waals surface area contributed by atoms with E-state index in [0.29, 0.717) is 25.0 Å². The summed E-state index contributed by atoms with van der Waals surface area (Å²) in [7, 11) is 0. The Labute approximate surface area is 121 Å². The predicted molar refractivity (Wildman–Crippen MR) is 80.9 cm³/mol. The normalized spacial score (nSPS) is 26.2. The van der Waals surface area contributed by atoms with Crippen molar-refractivity contribution in [2.45, 2.75) is 51.5 Å². The van der Waals surface area contributed by atoms with Gasteiger partial charge in [0.1, 0.15) is 0 Å². The molecule has 0 amide bonds. The summed E-state index contributed by atoms with van der Waals surface area (Å²) in [5.74, 6) is 2.04. The Morgan fingerprint density at radius 3 is 2.85 bits per heavy atom. The molecule has 0 radical (unpaired) electrons. The number of nitrogens with zero attached hydrogens (tertiary/aromatic N) is 2. The number of hydrogen-bond acceptors (Lipinski definition) is 5. The minimum absolute atomic E-state index is 0.0596. The summed E-state index contributed by atoms with van der Waals surface area (Å²) in [5, 5.41) is 3.45. The van der Waals surface area contributed by atoms with Crippen molar-refractivity contribution >= 4 is 5.95 Å². The Balaban J connectivity index is 2.03. The molecule has 0 aromatic carbocycles. The molecule has 0 spiro atoms. The van der Waals surface area contributed by atoms with Gasteiger partial charge in [-0.15, -0.1) is 0 Å². The van der Waals surface area contributed by atoms with Gasteiger partial charge < -0.3 is 15.8 Å². The van der Waals surface area contributed by atoms with Gasteiger partial charge in [-0.05, 0) is 38.0 Å². The van der Waals surface area contributed by atoms with E-state index in [9.17, 15) is 0 Å². The fourth-order valence-electron chi connectivity index (χ4n) is 2.62. The highest BCUT2D eigenvalue weighted by Gasteiger charge is 2.33. The first-order valence-corrected chi connectivity index (χ1v) is 7.61. The van der Waals surface area contributed by atoms with Crippen molar-refractivity contribution in [1.29, 1.82) is 0 Å². The van der Waals surface area contributed by atoms with Crippen LogP contribution in [0.5, 0.6) is 5.88 Å². The highest BCUT2D eigenvalue weighted by Crippen LogP contribution is 2.33. The monoisotopic (exact) mass is 278 g/mol. The van der Waals surface area contributed by atoms with Crippen molar-refractivity contribution in [1.82, 2.24) is 9.97 Å². The van der Waals surface area contributed by atoms with Gasteiger partial charge in [-0.3, -0.25) is 0 Å². The molecule has 2 rings (SSSR count). The van der Waals surface area contributed by atoms with Gasteiger partial charge in [0, 0.05) is 18.8 Å². The lowest BCUT2D eigenvalue weighted by Crippen LogP contribution is -2.48. The van der Waals surface area contributed by atoms with E-state index >= 15 is 0 Å². The van der Waals surface area contributed by atoms with Gasteiger partial charge in [0.2, 0.25) is 11.8 Å². The maximum absolute atomic E-state index is 6.00. The zero-order chi connectivity index (χ0) is 14.4. The van der Waals surface area contributed by atoms with Crippen molar-refractivity contribution in [2.24, 2.45) is 11.7 Å². The number of nitrogens with one attached hydrogen (secondary N) is 1. The first kappa shape index (κ1) is 15.0. The minimum Gasteiger partial charge on any atom is -0.478 e. The first-order valence-electron chi connectivity index (χ1n) is 7.61. The van der Waals surface area contributed by atoms with Crippen molar-refractivity contribution in [2.75, 3.05) is 18.5 Å². The number of ether oxygens (including phenoxy) is 1. The van der Waals surface area contributed by atoms with Crippen LogP contribution in [0.25, 0.3) is 0 Å². The molecule has 1 aromatic rings. The lowest BCUT2D eigenvalue weighted by Gasteiger charge is -2.39. The summed E-state index contributed by atoms with van der Waals surface area (Å²) in [6, 6.07) is 1.79. The number of aromatic nitrogens is 2. The molecule has 1 aliphatic rings. The largest absolute Gasteiger partial charge is 0.478 e. The van der Waals surface area contributed by atoms with E-state index in [1.54, 1.807) is 12.3 Å². The van der Waals surface area contributed by atoms with Crippen molar-refractivity contribution in [3.8, 4) is 5.88 Å². The van der Waals surface area contributed by atoms with Crippen LogP contribution in [0.15, 0.2) is 12.3 Å². The smallest absolute Gasteiger partial charge is 0.226 e. The number of nitrogens with two attached hydrogens (primary N) is 1. The maximum atomic E-state index is 6.00. The van der Waals surface area contributed by atoms with Crippen LogP contribution in [0.3, 0.4) is 0 Å². The summed E-state index contributed by atoms with van der Waals surface area (Å²) < 4.78 is 5.55. The summed E-state index contributed by atoms with van der Waals surface area (Å²) in [6.07, 6.45) is 7.27. The van der Waals surface area contributed by atoms with Gasteiger partial charge in [0.05, 0.1) is 12.1 Å². The highest BCUT2D eigenvalue weighted by molar-refractivity contribution is 5.32. The van der Waals surface area contributed by atoms with Gasteiger partial charge in [-0.2, -0.15) is 4.98 Å². The highest BCUT2D eigenvalue weighted by atomic mass is 16.5. The molecule has 1 aromatic heterocycles. The average molecular weight is 278 g/mol. The summed E-state index contributed by atoms with van der Waals surface area (Å²) in [4.78, 5) is 8.71. The van der Waals surface area contributed by atoms with Crippen molar-refractivity contribution < 1.29 is 4.74 Å². The van der Waals surface area contributed by atoms with Gasteiger partial charge in [-0.25, -0.2) is 4.98 Å². The molecule has 1 aliphatic carbocycles. The van der Waals surface area contributed by atoms with E-state index in [0.717, 1.165) is 25.2 Å². The van der Waals surface area contributed by atoms with Crippen LogP contribution >= 0.6 is 0 Å². The van der Waals surface area contributed by atoms with Crippen LogP contribution in [0.4, 0.5) is 5.95 Å². The fourth-order valence-corrected chi connectivity index (χ4v) is 2.62. The Bertz CT molecular complexity index is 416. The van der Waals surface area contributed by atoms with Gasteiger partial charge >= 0.3 is 0 Å². The molecule has 20 heavy (non-hydrogen) atoms. The van der Waals surface area contributed by atoms with E-state index < -0.39 is 0 Å². The fraction of sp³-hybridized carbons (Fsp3) is 0.733. The number of hydrogen-bond donors (Lipinski definition) is 2. The molecule has 1 fully saturated rings. The molecule has 112 valence electrons. The van der Waals surface area contributed by atoms with Crippen LogP contribution in [0, 0.1) is 5.92 Å². The van der Waals surface area contributed by atoms with Gasteiger partial charge in [0.25, 0.3) is 0 Å². The summed E-state index contributed by atoms with van der Waals surface area (Å²) in [5.41, 5.74) is 5.94. The Kier molecular flexibility index (Phi) is 5.17. The molecule has 0 atom stereocenters. The minimum atomic E-state index is -0.0596. The number of rotatable bonds is 6. The zero-order valence-electron chi connectivity index (χ0n) is 12.6. The van der Waals surface area contributed by atoms with E-state index in [-0.39, 0.29) is 5.54 Å². The average Bonchev–Trinajstić information content (AvgIpc) is 2.48. The second-order valence-corrected chi connectivity index (χ2v) is 5.86. The molecule has 0 bridgehead atoms. The maximum Gasteiger partial charge on any atom is 0.226 e. The number of anilines is 1. The zero-order valence-corrected chi connectivity index (χ0v) is 12.6. The molecule has 1 heterocycles. The Hall–Kier alpha value is -1.36. The lowest BCUT2D eigenvalue weighted by atomic mass is 9.77. The third-order valence-electron chi connectivity index (χ3n) is 4.08. The molecule has 0 aliphatic heterocycles. The van der Waals surface area contributed by atoms with Gasteiger partial charge in [-0.1, -0.05) is 13.8 Å². The molecule has 5 heteroatoms. The standard InChI is InChI=1S/C15H26N4O/c1-3-10-20-13-6-9-17-14(18-13)19-15(11-16)7-4-12(2)5-8-15/h6,9,12H,3-5,7-8,10-11,16H2,1-2H3,(H,17,18,19). The molecule has 0 saturated heterocycles. The quantitative estimate of drug-likeness (QED) is 0.836. The molecule has 0 unspecified atom stereocenters. The Morgan fingerprint density at radius 2 is 2.20 bits per heavy atom. The lowest BCUT2D eigenvalue weighted by molar-refractivity contribution is 0.269. The summed E-state index contributed by atoms with van der Waals surface area (Å²) >= 11 is 0. The third-order valence-corrected chi connectivity index (χ3v) is 4.08. The second kappa shape index (κ2) is 6.88. The second-order valence-electron chi connectivity index (χ2n) is 5.86. The Morgan fingerprint density at radius 1 is 1.45 bits per heavy atom. The van der Waals surface area contributed by atoms with Gasteiger partial charge in [0.15, 0.2) is 0 Å². The molecule has 5 nitrogen and oxygen atoms in total. The van der Waals surface area contributed by atoms with Crippen LogP contribution < -0.4 is 15.8 Å². The van der Waals surface area contributed by atoms with Crippen LogP contribution in [-0.4, -0.2) is 28.7 Å². The molecule has 3 N–H and O–H groups in total. The van der Waals surface area contributed by atoms with Crippen LogP contribution in [0.2, 0.25) is 0 Å². The first-order chi connectivity index (χ1) is 9.67. The van der Waals surface area contributed by atoms with E-state index in [1.165, 1.54) is 12.8 Å². The SMILES string of the molecule is CCCOc1ccnc(NC2(CN)CCC(C)CC2)n1. The van der Waals surface area contributed by atoms with E-state index in [1.807, 2.05) is 0 Å². The van der Waals surface area contributed by atoms with Crippen LogP contribution in [0.1, 0.15) is 46.0 Å². The topological polar surface area (TPSA) is 73.1 Å². The van der Waals surface area contributed by atoms with Crippen molar-refractivity contribution in [3.63, 3.8) is 0 Å². The van der Waals surface area contributed by atoms with E-state index in [4.69, 9.17) is 10.5 Å². The molecular formula is C15H26N4O. The van der Waals surface area contributed by atoms with E-state index in [2.05, 4.69) is 29.1 Å². The van der Waals surface area contributed by atoms with Crippen molar-refractivity contribution in [3.05, 3.63) is 12.3 Å².